The number of aryl methyl sites for hydroxylation is 2. The number of carbonyl (C=O) groups is 3. The largest absolute Gasteiger partial charge is 0.453 e. The Balaban J connectivity index is 1.93. The minimum Gasteiger partial charge on any atom is -0.453 e. The molecule has 0 saturated heterocycles. The lowest BCUT2D eigenvalue weighted by atomic mass is 9.99. The predicted molar refractivity (Wildman–Crippen MR) is 94.5 cm³/mol. The van der Waals surface area contributed by atoms with E-state index in [0.717, 1.165) is 17.2 Å². The van der Waals surface area contributed by atoms with Crippen molar-refractivity contribution in [2.75, 3.05) is 6.54 Å². The van der Waals surface area contributed by atoms with Gasteiger partial charge in [-0.05, 0) is 44.5 Å². The summed E-state index contributed by atoms with van der Waals surface area (Å²) in [6.45, 7) is 4.68. The highest BCUT2D eigenvalue weighted by atomic mass is 19.1. The molecule has 2 aromatic rings. The number of Topliss-reactive ketones (excluding diaryl/α,β-unsaturated/α-hetero) is 1. The van der Waals surface area contributed by atoms with Gasteiger partial charge in [-0.3, -0.25) is 14.4 Å². The normalized spacial score (nSPS) is 11.5. The number of halogens is 1. The molecule has 1 N–H and O–H groups in total. The Kier molecular flexibility index (Phi) is 6.22. The highest BCUT2D eigenvalue weighted by Gasteiger charge is 2.21. The first kappa shape index (κ1) is 19.3. The van der Waals surface area contributed by atoms with E-state index in [1.807, 2.05) is 19.1 Å². The first-order valence-electron chi connectivity index (χ1n) is 8.13. The van der Waals surface area contributed by atoms with Crippen molar-refractivity contribution in [1.82, 2.24) is 5.32 Å². The predicted octanol–water partition coefficient (Wildman–Crippen LogP) is 2.99. The SMILES string of the molecule is Cc1ccc(C)c(C(=O)[C@H](C)OC(=O)CNC(=O)c2ccccc2F)c1. The Morgan fingerprint density at radius 3 is 2.46 bits per heavy atom. The van der Waals surface area contributed by atoms with Crippen molar-refractivity contribution in [3.8, 4) is 0 Å². The third-order valence-electron chi connectivity index (χ3n) is 3.85. The number of esters is 1. The molecule has 0 aliphatic carbocycles. The molecule has 0 bridgehead atoms. The zero-order valence-corrected chi connectivity index (χ0v) is 14.8. The Labute approximate surface area is 151 Å². The van der Waals surface area contributed by atoms with Crippen LogP contribution in [0.25, 0.3) is 0 Å². The van der Waals surface area contributed by atoms with Crippen molar-refractivity contribution in [1.29, 1.82) is 0 Å². The van der Waals surface area contributed by atoms with Gasteiger partial charge in [-0.1, -0.05) is 29.8 Å². The van der Waals surface area contributed by atoms with E-state index < -0.39 is 30.3 Å². The molecule has 0 aromatic heterocycles. The maximum atomic E-state index is 13.5. The number of carbonyl (C=O) groups excluding carboxylic acids is 3. The van der Waals surface area contributed by atoms with Crippen LogP contribution in [0.2, 0.25) is 0 Å². The van der Waals surface area contributed by atoms with Crippen LogP contribution in [0.1, 0.15) is 38.8 Å². The second-order valence-electron chi connectivity index (χ2n) is 5.98. The summed E-state index contributed by atoms with van der Waals surface area (Å²) in [7, 11) is 0. The van der Waals surface area contributed by atoms with E-state index in [4.69, 9.17) is 4.74 Å². The topological polar surface area (TPSA) is 72.5 Å². The second kappa shape index (κ2) is 8.38. The van der Waals surface area contributed by atoms with Gasteiger partial charge in [0, 0.05) is 5.56 Å². The fourth-order valence-corrected chi connectivity index (χ4v) is 2.41. The number of nitrogens with one attached hydrogen (secondary N) is 1. The lowest BCUT2D eigenvalue weighted by molar-refractivity contribution is -0.145. The highest BCUT2D eigenvalue weighted by Crippen LogP contribution is 2.14. The molecule has 26 heavy (non-hydrogen) atoms. The van der Waals surface area contributed by atoms with Crippen molar-refractivity contribution in [3.63, 3.8) is 0 Å². The number of amides is 1. The van der Waals surface area contributed by atoms with Gasteiger partial charge in [0.2, 0.25) is 5.78 Å². The molecule has 0 aliphatic rings. The van der Waals surface area contributed by atoms with Crippen molar-refractivity contribution in [3.05, 3.63) is 70.5 Å². The van der Waals surface area contributed by atoms with E-state index in [1.165, 1.54) is 25.1 Å². The molecule has 2 aromatic carbocycles. The molecular weight excluding hydrogens is 337 g/mol. The molecule has 1 atom stereocenters. The van der Waals surface area contributed by atoms with Gasteiger partial charge in [0.25, 0.3) is 5.91 Å². The maximum Gasteiger partial charge on any atom is 0.326 e. The lowest BCUT2D eigenvalue weighted by Crippen LogP contribution is -2.34. The van der Waals surface area contributed by atoms with Crippen LogP contribution in [0.3, 0.4) is 0 Å². The monoisotopic (exact) mass is 357 g/mol. The molecule has 1 amide bonds. The molecule has 6 heteroatoms. The number of ketones is 1. The van der Waals surface area contributed by atoms with E-state index in [-0.39, 0.29) is 11.3 Å². The Bertz CT molecular complexity index is 847. The fourth-order valence-electron chi connectivity index (χ4n) is 2.41. The minimum absolute atomic E-state index is 0.167. The molecule has 0 heterocycles. The zero-order chi connectivity index (χ0) is 19.3. The first-order chi connectivity index (χ1) is 12.3. The molecule has 0 fully saturated rings. The van der Waals surface area contributed by atoms with Crippen molar-refractivity contribution in [2.45, 2.75) is 26.9 Å². The summed E-state index contributed by atoms with van der Waals surface area (Å²) in [5.41, 5.74) is 2.03. The molecular formula is C20H20FNO4. The van der Waals surface area contributed by atoms with Crippen LogP contribution in [-0.4, -0.2) is 30.3 Å². The van der Waals surface area contributed by atoms with Gasteiger partial charge < -0.3 is 10.1 Å². The molecule has 0 spiro atoms. The van der Waals surface area contributed by atoms with Gasteiger partial charge >= 0.3 is 5.97 Å². The Hall–Kier alpha value is -3.02. The average molecular weight is 357 g/mol. The molecule has 136 valence electrons. The van der Waals surface area contributed by atoms with Crippen LogP contribution >= 0.6 is 0 Å². The van der Waals surface area contributed by atoms with Crippen LogP contribution in [0.5, 0.6) is 0 Å². The highest BCUT2D eigenvalue weighted by molar-refractivity contribution is 6.02. The van der Waals surface area contributed by atoms with Crippen LogP contribution < -0.4 is 5.32 Å². The molecule has 5 nitrogen and oxygen atoms in total. The third-order valence-corrected chi connectivity index (χ3v) is 3.85. The number of hydrogen-bond donors (Lipinski definition) is 1. The van der Waals surface area contributed by atoms with Gasteiger partial charge in [-0.25, -0.2) is 4.39 Å². The fraction of sp³-hybridized carbons (Fsp3) is 0.250. The van der Waals surface area contributed by atoms with E-state index in [9.17, 15) is 18.8 Å². The standard InChI is InChI=1S/C20H20FNO4/c1-12-8-9-13(2)16(10-12)19(24)14(3)26-18(23)11-22-20(25)15-6-4-5-7-17(15)21/h4-10,14H,11H2,1-3H3,(H,22,25)/t14-/m0/s1. The molecule has 0 aliphatic heterocycles. The number of rotatable bonds is 6. The Morgan fingerprint density at radius 1 is 1.08 bits per heavy atom. The van der Waals surface area contributed by atoms with E-state index in [2.05, 4.69) is 5.32 Å². The summed E-state index contributed by atoms with van der Waals surface area (Å²) < 4.78 is 18.6. The number of ether oxygens (including phenoxy) is 1. The van der Waals surface area contributed by atoms with Gasteiger partial charge in [-0.2, -0.15) is 0 Å². The summed E-state index contributed by atoms with van der Waals surface area (Å²) in [6, 6.07) is 10.9. The summed E-state index contributed by atoms with van der Waals surface area (Å²) in [6.07, 6.45) is -0.992. The van der Waals surface area contributed by atoms with E-state index >= 15 is 0 Å². The van der Waals surface area contributed by atoms with Crippen LogP contribution in [-0.2, 0) is 9.53 Å². The van der Waals surface area contributed by atoms with Gasteiger partial charge in [-0.15, -0.1) is 0 Å². The van der Waals surface area contributed by atoms with E-state index in [0.29, 0.717) is 5.56 Å². The quantitative estimate of drug-likeness (QED) is 0.637. The van der Waals surface area contributed by atoms with Crippen LogP contribution in [0.15, 0.2) is 42.5 Å². The number of hydrogen-bond acceptors (Lipinski definition) is 4. The summed E-state index contributed by atoms with van der Waals surface area (Å²) in [5, 5.41) is 2.28. The van der Waals surface area contributed by atoms with Gasteiger partial charge in [0.1, 0.15) is 12.4 Å². The van der Waals surface area contributed by atoms with E-state index in [1.54, 1.807) is 13.0 Å². The smallest absolute Gasteiger partial charge is 0.326 e. The molecule has 0 unspecified atom stereocenters. The third kappa shape index (κ3) is 4.75. The maximum absolute atomic E-state index is 13.5. The molecule has 0 radical (unpaired) electrons. The summed E-state index contributed by atoms with van der Waals surface area (Å²) in [5.74, 6) is -2.51. The summed E-state index contributed by atoms with van der Waals surface area (Å²) >= 11 is 0. The van der Waals surface area contributed by atoms with Crippen molar-refractivity contribution in [2.24, 2.45) is 0 Å². The molecule has 0 saturated carbocycles. The summed E-state index contributed by atoms with van der Waals surface area (Å²) in [4.78, 5) is 36.2. The van der Waals surface area contributed by atoms with Gasteiger partial charge in [0.05, 0.1) is 5.56 Å². The first-order valence-corrected chi connectivity index (χ1v) is 8.13. The minimum atomic E-state index is -0.992. The van der Waals surface area contributed by atoms with Crippen LogP contribution in [0, 0.1) is 19.7 Å². The van der Waals surface area contributed by atoms with Gasteiger partial charge in [0.15, 0.2) is 6.10 Å². The Morgan fingerprint density at radius 2 is 1.77 bits per heavy atom. The molecule has 2 rings (SSSR count). The number of benzene rings is 2. The average Bonchev–Trinajstić information content (AvgIpc) is 2.61. The van der Waals surface area contributed by atoms with Crippen molar-refractivity contribution >= 4 is 17.7 Å². The second-order valence-corrected chi connectivity index (χ2v) is 5.98. The van der Waals surface area contributed by atoms with Crippen LogP contribution in [0.4, 0.5) is 4.39 Å². The zero-order valence-electron chi connectivity index (χ0n) is 14.8. The lowest BCUT2D eigenvalue weighted by Gasteiger charge is -2.14. The van der Waals surface area contributed by atoms with Crippen molar-refractivity contribution < 1.29 is 23.5 Å².